The van der Waals surface area contributed by atoms with E-state index in [1.807, 2.05) is 0 Å². The first-order valence-corrected chi connectivity index (χ1v) is 8.17. The second-order valence-corrected chi connectivity index (χ2v) is 6.37. The van der Waals surface area contributed by atoms with Gasteiger partial charge in [-0.25, -0.2) is 13.6 Å². The molecule has 1 aliphatic rings. The predicted molar refractivity (Wildman–Crippen MR) is 90.9 cm³/mol. The Morgan fingerprint density at radius 3 is 2.54 bits per heavy atom. The number of nitrogens with zero attached hydrogens (tertiary/aromatic N) is 1. The molecule has 0 aromatic heterocycles. The maximum absolute atomic E-state index is 14.1. The number of benzene rings is 2. The van der Waals surface area contributed by atoms with Crippen LogP contribution < -0.4 is 10.1 Å². The molecule has 26 heavy (non-hydrogen) atoms. The molecule has 2 aromatic carbocycles. The maximum Gasteiger partial charge on any atom is 0.325 e. The number of nitrogens with one attached hydrogen (secondary N) is 1. The molecule has 1 saturated heterocycles. The summed E-state index contributed by atoms with van der Waals surface area (Å²) in [5.41, 5.74) is -1.90. The van der Waals surface area contributed by atoms with Gasteiger partial charge in [0.25, 0.3) is 5.91 Å². The second kappa shape index (κ2) is 6.92. The number of carbonyl (C=O) groups is 2. The summed E-state index contributed by atoms with van der Waals surface area (Å²) >= 11 is 5.78. The van der Waals surface area contributed by atoms with Crippen molar-refractivity contribution in [1.82, 2.24) is 10.2 Å². The van der Waals surface area contributed by atoms with Crippen molar-refractivity contribution in [3.63, 3.8) is 0 Å². The number of hydrogen-bond acceptors (Lipinski definition) is 3. The Kier molecular flexibility index (Phi) is 4.82. The van der Waals surface area contributed by atoms with Crippen molar-refractivity contribution in [2.45, 2.75) is 12.5 Å². The minimum absolute atomic E-state index is 0.0418. The lowest BCUT2D eigenvalue weighted by Crippen LogP contribution is -2.42. The molecule has 136 valence electrons. The Morgan fingerprint density at radius 2 is 1.85 bits per heavy atom. The van der Waals surface area contributed by atoms with Crippen LogP contribution in [0.4, 0.5) is 13.6 Å². The molecule has 1 aliphatic heterocycles. The van der Waals surface area contributed by atoms with Crippen LogP contribution in [-0.4, -0.2) is 30.0 Å². The standard InChI is InChI=1S/C18H15ClF2N2O3/c1-18(14-10-12(20)4-7-15(14)21)16(24)23(17(25)22-18)8-9-26-13-5-2-11(19)3-6-13/h2-7,10H,8-9H2,1H3,(H,22,25). The fraction of sp³-hybridized carbons (Fsp3) is 0.222. The lowest BCUT2D eigenvalue weighted by molar-refractivity contribution is -0.131. The Hall–Kier alpha value is -2.67. The van der Waals surface area contributed by atoms with Gasteiger partial charge in [0, 0.05) is 10.6 Å². The molecular formula is C18H15ClF2N2O3. The number of ether oxygens (including phenoxy) is 1. The van der Waals surface area contributed by atoms with E-state index in [1.54, 1.807) is 24.3 Å². The highest BCUT2D eigenvalue weighted by molar-refractivity contribution is 6.30. The van der Waals surface area contributed by atoms with E-state index in [4.69, 9.17) is 16.3 Å². The molecular weight excluding hydrogens is 366 g/mol. The topological polar surface area (TPSA) is 58.6 Å². The van der Waals surface area contributed by atoms with E-state index < -0.39 is 29.1 Å². The number of halogens is 3. The molecule has 0 spiro atoms. The fourth-order valence-electron chi connectivity index (χ4n) is 2.75. The summed E-state index contributed by atoms with van der Waals surface area (Å²) in [7, 11) is 0. The summed E-state index contributed by atoms with van der Waals surface area (Å²) in [6, 6.07) is 8.68. The Balaban J connectivity index is 1.72. The lowest BCUT2D eigenvalue weighted by Gasteiger charge is -2.22. The molecule has 1 heterocycles. The predicted octanol–water partition coefficient (Wildman–Crippen LogP) is 3.46. The average molecular weight is 381 g/mol. The molecule has 2 aromatic rings. The van der Waals surface area contributed by atoms with Crippen LogP contribution in [0.25, 0.3) is 0 Å². The van der Waals surface area contributed by atoms with E-state index in [0.717, 1.165) is 23.1 Å². The van der Waals surface area contributed by atoms with Crippen LogP contribution in [0.5, 0.6) is 5.75 Å². The van der Waals surface area contributed by atoms with Crippen molar-refractivity contribution in [2.24, 2.45) is 0 Å². The van der Waals surface area contributed by atoms with E-state index in [1.165, 1.54) is 6.92 Å². The van der Waals surface area contributed by atoms with Gasteiger partial charge >= 0.3 is 6.03 Å². The molecule has 8 heteroatoms. The van der Waals surface area contributed by atoms with Crippen molar-refractivity contribution < 1.29 is 23.1 Å². The van der Waals surface area contributed by atoms with E-state index >= 15 is 0 Å². The first-order valence-electron chi connectivity index (χ1n) is 7.79. The molecule has 0 saturated carbocycles. The Labute approximate surface area is 153 Å². The van der Waals surface area contributed by atoms with Crippen molar-refractivity contribution in [1.29, 1.82) is 0 Å². The normalized spacial score (nSPS) is 19.6. The summed E-state index contributed by atoms with van der Waals surface area (Å²) in [4.78, 5) is 25.7. The largest absolute Gasteiger partial charge is 0.492 e. The van der Waals surface area contributed by atoms with Gasteiger partial charge in [-0.1, -0.05) is 11.6 Å². The Morgan fingerprint density at radius 1 is 1.15 bits per heavy atom. The third-order valence-corrected chi connectivity index (χ3v) is 4.39. The van der Waals surface area contributed by atoms with E-state index in [0.29, 0.717) is 10.8 Å². The van der Waals surface area contributed by atoms with Gasteiger partial charge in [-0.05, 0) is 49.4 Å². The van der Waals surface area contributed by atoms with Crippen molar-refractivity contribution in [3.05, 3.63) is 64.7 Å². The summed E-state index contributed by atoms with van der Waals surface area (Å²) in [5.74, 6) is -1.62. The Bertz CT molecular complexity index is 860. The van der Waals surface area contributed by atoms with Crippen molar-refractivity contribution in [2.75, 3.05) is 13.2 Å². The number of hydrogen-bond donors (Lipinski definition) is 1. The molecule has 1 atom stereocenters. The van der Waals surface area contributed by atoms with Gasteiger partial charge in [-0.2, -0.15) is 0 Å². The quantitative estimate of drug-likeness (QED) is 0.808. The van der Waals surface area contributed by atoms with E-state index in [2.05, 4.69) is 5.32 Å². The first kappa shape index (κ1) is 18.1. The number of amides is 3. The number of rotatable bonds is 5. The van der Waals surface area contributed by atoms with Gasteiger partial charge in [0.2, 0.25) is 0 Å². The summed E-state index contributed by atoms with van der Waals surface area (Å²) in [6.07, 6.45) is 0. The fourth-order valence-corrected chi connectivity index (χ4v) is 2.87. The van der Waals surface area contributed by atoms with E-state index in [-0.39, 0.29) is 18.7 Å². The first-order chi connectivity index (χ1) is 12.3. The molecule has 0 aliphatic carbocycles. The van der Waals surface area contributed by atoms with Crippen molar-refractivity contribution in [3.8, 4) is 5.75 Å². The second-order valence-electron chi connectivity index (χ2n) is 5.94. The van der Waals surface area contributed by atoms with Crippen LogP contribution in [-0.2, 0) is 10.3 Å². The van der Waals surface area contributed by atoms with E-state index in [9.17, 15) is 18.4 Å². The molecule has 3 rings (SSSR count). The molecule has 1 N–H and O–H groups in total. The monoisotopic (exact) mass is 380 g/mol. The van der Waals surface area contributed by atoms with Crippen LogP contribution in [0.1, 0.15) is 12.5 Å². The summed E-state index contributed by atoms with van der Waals surface area (Å²) in [6.45, 7) is 1.34. The zero-order chi connectivity index (χ0) is 18.9. The molecule has 1 fully saturated rings. The highest BCUT2D eigenvalue weighted by Crippen LogP contribution is 2.31. The molecule has 3 amide bonds. The third kappa shape index (κ3) is 3.35. The van der Waals surface area contributed by atoms with Gasteiger partial charge in [0.15, 0.2) is 0 Å². The number of imide groups is 1. The van der Waals surface area contributed by atoms with Gasteiger partial charge in [0.1, 0.15) is 29.5 Å². The summed E-state index contributed by atoms with van der Waals surface area (Å²) < 4.78 is 33.0. The minimum Gasteiger partial charge on any atom is -0.492 e. The SMILES string of the molecule is CC1(c2cc(F)ccc2F)NC(=O)N(CCOc2ccc(Cl)cc2)C1=O. The van der Waals surface area contributed by atoms with Crippen LogP contribution >= 0.6 is 11.6 Å². The smallest absolute Gasteiger partial charge is 0.325 e. The molecule has 1 unspecified atom stereocenters. The number of carbonyl (C=O) groups excluding carboxylic acids is 2. The average Bonchev–Trinajstić information content (AvgIpc) is 2.82. The van der Waals surface area contributed by atoms with Crippen LogP contribution in [0.3, 0.4) is 0 Å². The minimum atomic E-state index is -1.68. The highest BCUT2D eigenvalue weighted by atomic mass is 35.5. The highest BCUT2D eigenvalue weighted by Gasteiger charge is 2.50. The van der Waals surface area contributed by atoms with Gasteiger partial charge in [-0.15, -0.1) is 0 Å². The van der Waals surface area contributed by atoms with Crippen LogP contribution in [0.15, 0.2) is 42.5 Å². The van der Waals surface area contributed by atoms with Crippen molar-refractivity contribution >= 4 is 23.5 Å². The molecule has 0 radical (unpaired) electrons. The van der Waals surface area contributed by atoms with Gasteiger partial charge in [-0.3, -0.25) is 9.69 Å². The zero-order valence-corrected chi connectivity index (χ0v) is 14.5. The lowest BCUT2D eigenvalue weighted by atomic mass is 9.91. The van der Waals surface area contributed by atoms with Gasteiger partial charge < -0.3 is 10.1 Å². The molecule has 5 nitrogen and oxygen atoms in total. The third-order valence-electron chi connectivity index (χ3n) is 4.14. The van der Waals surface area contributed by atoms with Crippen LogP contribution in [0, 0.1) is 11.6 Å². The van der Waals surface area contributed by atoms with Gasteiger partial charge in [0.05, 0.1) is 6.54 Å². The molecule has 0 bridgehead atoms. The maximum atomic E-state index is 14.1. The summed E-state index contributed by atoms with van der Waals surface area (Å²) in [5, 5.41) is 2.98. The number of urea groups is 1. The zero-order valence-electron chi connectivity index (χ0n) is 13.8. The van der Waals surface area contributed by atoms with Crippen LogP contribution in [0.2, 0.25) is 5.02 Å².